The Labute approximate surface area is 229 Å². The average molecular weight is 556 g/mol. The topological polar surface area (TPSA) is 96.0 Å². The highest BCUT2D eigenvalue weighted by Gasteiger charge is 2.34. The highest BCUT2D eigenvalue weighted by Crippen LogP contribution is 2.32. The Balaban J connectivity index is 2.07. The number of nitrogens with one attached hydrogen (secondary N) is 1. The van der Waals surface area contributed by atoms with Gasteiger partial charge in [-0.25, -0.2) is 12.8 Å². The van der Waals surface area contributed by atoms with Crippen molar-refractivity contribution >= 4 is 27.5 Å². The fraction of sp³-hybridized carbons (Fsp3) is 0.310. The number of nitrogens with zero attached hydrogens (tertiary/aromatic N) is 2. The smallest absolute Gasteiger partial charge is 0.264 e. The van der Waals surface area contributed by atoms with Crippen LogP contribution in [0.4, 0.5) is 10.1 Å². The van der Waals surface area contributed by atoms with Gasteiger partial charge in [0.15, 0.2) is 0 Å². The first-order valence-corrected chi connectivity index (χ1v) is 14.2. The second-order valence-electron chi connectivity index (χ2n) is 8.86. The van der Waals surface area contributed by atoms with Crippen LogP contribution in [0.15, 0.2) is 83.8 Å². The number of para-hydroxylation sites is 2. The zero-order valence-corrected chi connectivity index (χ0v) is 23.2. The van der Waals surface area contributed by atoms with Crippen molar-refractivity contribution in [1.29, 1.82) is 0 Å². The Morgan fingerprint density at radius 2 is 1.59 bits per heavy atom. The van der Waals surface area contributed by atoms with Gasteiger partial charge in [0.2, 0.25) is 11.8 Å². The summed E-state index contributed by atoms with van der Waals surface area (Å²) in [7, 11) is -2.79. The molecule has 0 spiro atoms. The summed E-state index contributed by atoms with van der Waals surface area (Å²) in [4.78, 5) is 28.4. The zero-order chi connectivity index (χ0) is 28.4. The molecule has 0 unspecified atom stereocenters. The third-order valence-electron chi connectivity index (χ3n) is 6.17. The predicted octanol–water partition coefficient (Wildman–Crippen LogP) is 4.36. The van der Waals surface area contributed by atoms with Gasteiger partial charge in [-0.3, -0.25) is 13.9 Å². The van der Waals surface area contributed by atoms with E-state index in [-0.39, 0.29) is 28.8 Å². The summed E-state index contributed by atoms with van der Waals surface area (Å²) in [6.45, 7) is 3.53. The lowest BCUT2D eigenvalue weighted by Crippen LogP contribution is -2.52. The second kappa shape index (κ2) is 13.7. The van der Waals surface area contributed by atoms with E-state index < -0.39 is 34.3 Å². The van der Waals surface area contributed by atoms with Crippen LogP contribution >= 0.6 is 0 Å². The number of carbonyl (C=O) groups is 2. The van der Waals surface area contributed by atoms with Crippen LogP contribution in [-0.2, 0) is 26.2 Å². The van der Waals surface area contributed by atoms with E-state index in [4.69, 9.17) is 4.74 Å². The van der Waals surface area contributed by atoms with Gasteiger partial charge in [-0.2, -0.15) is 0 Å². The van der Waals surface area contributed by atoms with Crippen molar-refractivity contribution in [3.63, 3.8) is 0 Å². The van der Waals surface area contributed by atoms with Gasteiger partial charge in [0.05, 0.1) is 17.7 Å². The average Bonchev–Trinajstić information content (AvgIpc) is 2.95. The van der Waals surface area contributed by atoms with E-state index in [1.807, 2.05) is 6.92 Å². The van der Waals surface area contributed by atoms with E-state index in [0.29, 0.717) is 24.9 Å². The number of carbonyl (C=O) groups excluding carboxylic acids is 2. The summed E-state index contributed by atoms with van der Waals surface area (Å²) in [5.74, 6) is -1.10. The molecule has 3 rings (SSSR count). The molecule has 0 aliphatic heterocycles. The van der Waals surface area contributed by atoms with Crippen molar-refractivity contribution in [3.8, 4) is 5.75 Å². The quantitative estimate of drug-likeness (QED) is 0.338. The molecule has 0 fully saturated rings. The monoisotopic (exact) mass is 555 g/mol. The molecule has 0 radical (unpaired) electrons. The number of hydrogen-bond acceptors (Lipinski definition) is 5. The first-order valence-electron chi connectivity index (χ1n) is 12.7. The Morgan fingerprint density at radius 1 is 0.949 bits per heavy atom. The zero-order valence-electron chi connectivity index (χ0n) is 22.3. The third-order valence-corrected chi connectivity index (χ3v) is 7.94. The van der Waals surface area contributed by atoms with Gasteiger partial charge in [0, 0.05) is 13.1 Å². The maximum atomic E-state index is 14.0. The van der Waals surface area contributed by atoms with Crippen molar-refractivity contribution in [2.45, 2.75) is 44.2 Å². The number of rotatable bonds is 13. The van der Waals surface area contributed by atoms with Crippen LogP contribution in [-0.4, -0.2) is 51.4 Å². The van der Waals surface area contributed by atoms with Crippen molar-refractivity contribution in [2.75, 3.05) is 24.5 Å². The summed E-state index contributed by atoms with van der Waals surface area (Å²) >= 11 is 0. The molecule has 1 atom stereocenters. The molecule has 2 amide bonds. The summed E-state index contributed by atoms with van der Waals surface area (Å²) in [6, 6.07) is 19.1. The first kappa shape index (κ1) is 29.6. The predicted molar refractivity (Wildman–Crippen MR) is 148 cm³/mol. The molecule has 0 aliphatic rings. The van der Waals surface area contributed by atoms with E-state index >= 15 is 0 Å². The van der Waals surface area contributed by atoms with Gasteiger partial charge in [-0.1, -0.05) is 56.3 Å². The maximum Gasteiger partial charge on any atom is 0.264 e. The van der Waals surface area contributed by atoms with E-state index in [2.05, 4.69) is 5.32 Å². The number of amides is 2. The molecule has 3 aromatic carbocycles. The minimum absolute atomic E-state index is 0.00141. The number of halogens is 1. The number of methoxy groups -OCH3 is 1. The second-order valence-corrected chi connectivity index (χ2v) is 10.7. The molecule has 0 saturated heterocycles. The first-order chi connectivity index (χ1) is 18.7. The molecular weight excluding hydrogens is 521 g/mol. The molecule has 0 heterocycles. The molecule has 3 aromatic rings. The molecule has 39 heavy (non-hydrogen) atoms. The van der Waals surface area contributed by atoms with Crippen LogP contribution in [0.5, 0.6) is 5.75 Å². The highest BCUT2D eigenvalue weighted by molar-refractivity contribution is 7.92. The lowest BCUT2D eigenvalue weighted by Gasteiger charge is -2.33. The van der Waals surface area contributed by atoms with Gasteiger partial charge in [0.1, 0.15) is 24.2 Å². The van der Waals surface area contributed by atoms with Gasteiger partial charge in [-0.05, 0) is 54.8 Å². The van der Waals surface area contributed by atoms with Crippen molar-refractivity contribution in [1.82, 2.24) is 10.2 Å². The fourth-order valence-electron chi connectivity index (χ4n) is 4.14. The van der Waals surface area contributed by atoms with Crippen molar-refractivity contribution in [3.05, 3.63) is 90.2 Å². The summed E-state index contributed by atoms with van der Waals surface area (Å²) in [6.07, 6.45) is 1.01. The number of hydrogen-bond donors (Lipinski definition) is 1. The summed E-state index contributed by atoms with van der Waals surface area (Å²) in [5, 5.41) is 2.83. The summed E-state index contributed by atoms with van der Waals surface area (Å²) in [5.41, 5.74) is 0.781. The highest BCUT2D eigenvalue weighted by atomic mass is 32.2. The summed E-state index contributed by atoms with van der Waals surface area (Å²) < 4.78 is 47.7. The Kier molecular flexibility index (Phi) is 10.4. The molecule has 10 heteroatoms. The standard InChI is InChI=1S/C29H34FN3O5S/c1-4-19-31-29(35)25(5-2)32(20-22-15-17-23(30)18-16-22)28(34)21-33(26-13-9-10-14-27(26)38-3)39(36,37)24-11-7-6-8-12-24/h6-18,25H,4-5,19-21H2,1-3H3,(H,31,35)/t25-/m0/s1. The maximum absolute atomic E-state index is 14.0. The minimum Gasteiger partial charge on any atom is -0.495 e. The van der Waals surface area contributed by atoms with Crippen LogP contribution < -0.4 is 14.4 Å². The van der Waals surface area contributed by atoms with Gasteiger partial charge >= 0.3 is 0 Å². The lowest BCUT2D eigenvalue weighted by molar-refractivity contribution is -0.140. The number of ether oxygens (including phenoxy) is 1. The molecule has 1 N–H and O–H groups in total. The van der Waals surface area contributed by atoms with Gasteiger partial charge in [-0.15, -0.1) is 0 Å². The Hall–Kier alpha value is -3.92. The SMILES string of the molecule is CCCNC(=O)[C@H](CC)N(Cc1ccc(F)cc1)C(=O)CN(c1ccccc1OC)S(=O)(=O)c1ccccc1. The van der Waals surface area contributed by atoms with Gasteiger partial charge < -0.3 is 15.0 Å². The number of benzene rings is 3. The Morgan fingerprint density at radius 3 is 2.21 bits per heavy atom. The van der Waals surface area contributed by atoms with Crippen molar-refractivity contribution in [2.24, 2.45) is 0 Å². The molecule has 0 bridgehead atoms. The lowest BCUT2D eigenvalue weighted by atomic mass is 10.1. The van der Waals surface area contributed by atoms with Crippen LogP contribution in [0.2, 0.25) is 0 Å². The van der Waals surface area contributed by atoms with Crippen LogP contribution in [0.1, 0.15) is 32.3 Å². The molecule has 0 saturated carbocycles. The molecule has 208 valence electrons. The van der Waals surface area contributed by atoms with Crippen LogP contribution in [0.25, 0.3) is 0 Å². The molecule has 0 aliphatic carbocycles. The largest absolute Gasteiger partial charge is 0.495 e. The molecule has 8 nitrogen and oxygen atoms in total. The van der Waals surface area contributed by atoms with Gasteiger partial charge in [0.25, 0.3) is 10.0 Å². The van der Waals surface area contributed by atoms with E-state index in [0.717, 1.165) is 4.31 Å². The number of anilines is 1. The number of sulfonamides is 1. The minimum atomic E-state index is -4.20. The van der Waals surface area contributed by atoms with E-state index in [9.17, 15) is 22.4 Å². The fourth-order valence-corrected chi connectivity index (χ4v) is 5.59. The molecular formula is C29H34FN3O5S. The molecule has 0 aromatic heterocycles. The van der Waals surface area contributed by atoms with Crippen LogP contribution in [0, 0.1) is 5.82 Å². The third kappa shape index (κ3) is 7.35. The normalized spacial score (nSPS) is 11.9. The van der Waals surface area contributed by atoms with E-state index in [1.54, 1.807) is 49.4 Å². The van der Waals surface area contributed by atoms with Crippen LogP contribution in [0.3, 0.4) is 0 Å². The van der Waals surface area contributed by atoms with Crippen molar-refractivity contribution < 1.29 is 27.1 Å². The Bertz CT molecular complexity index is 1350. The van der Waals surface area contributed by atoms with E-state index in [1.165, 1.54) is 48.4 Å².